The van der Waals surface area contributed by atoms with Crippen LogP contribution in [-0.2, 0) is 9.47 Å². The summed E-state index contributed by atoms with van der Waals surface area (Å²) in [7, 11) is 5.99. The highest BCUT2D eigenvalue weighted by Crippen LogP contribution is 2.53. The van der Waals surface area contributed by atoms with Gasteiger partial charge in [-0.2, -0.15) is 0 Å². The molecule has 2 N–H and O–H groups in total. The fraction of sp³-hybridized carbons (Fsp3) is 0.455. The molecule has 4 rings (SSSR count). The molecule has 8 nitrogen and oxygen atoms in total. The first-order chi connectivity index (χ1) is 14.5. The summed E-state index contributed by atoms with van der Waals surface area (Å²) in [4.78, 5) is 0. The quantitative estimate of drug-likeness (QED) is 0.738. The summed E-state index contributed by atoms with van der Waals surface area (Å²) in [5.41, 5.74) is 1.72. The minimum Gasteiger partial charge on any atom is -0.502 e. The zero-order valence-corrected chi connectivity index (χ0v) is 17.4. The van der Waals surface area contributed by atoms with Gasteiger partial charge in [-0.1, -0.05) is 0 Å². The van der Waals surface area contributed by atoms with Gasteiger partial charge < -0.3 is 38.6 Å². The Morgan fingerprint density at radius 3 is 1.20 bits per heavy atom. The van der Waals surface area contributed by atoms with Crippen molar-refractivity contribution in [3.8, 4) is 34.5 Å². The number of methoxy groups -OCH3 is 4. The Morgan fingerprint density at radius 1 is 0.633 bits per heavy atom. The lowest BCUT2D eigenvalue weighted by molar-refractivity contribution is 0.0190. The van der Waals surface area contributed by atoms with E-state index in [-0.39, 0.29) is 35.5 Å². The van der Waals surface area contributed by atoms with Crippen molar-refractivity contribution in [3.63, 3.8) is 0 Å². The molecule has 0 spiro atoms. The number of ether oxygens (including phenoxy) is 6. The fourth-order valence-corrected chi connectivity index (χ4v) is 4.39. The van der Waals surface area contributed by atoms with Crippen molar-refractivity contribution in [3.05, 3.63) is 35.4 Å². The standard InChI is InChI=1S/C22H26O8/c1-25-15-5-11(6-16(26-2)19(15)23)21-13-9-30-22(14(13)10-29-21)12-7-17(27-3)20(24)18(8-12)28-4/h5-8,13-14,21-24H,9-10H2,1-4H3/t13-,14-,21-,22-/m1/s1. The van der Waals surface area contributed by atoms with E-state index in [0.717, 1.165) is 11.1 Å². The third kappa shape index (κ3) is 3.26. The molecule has 0 amide bonds. The summed E-state index contributed by atoms with van der Waals surface area (Å²) in [6.45, 7) is 1.02. The first kappa shape index (κ1) is 20.4. The van der Waals surface area contributed by atoms with Crippen molar-refractivity contribution in [2.45, 2.75) is 12.2 Å². The number of rotatable bonds is 6. The van der Waals surface area contributed by atoms with Crippen LogP contribution in [0.25, 0.3) is 0 Å². The number of aromatic hydroxyl groups is 2. The van der Waals surface area contributed by atoms with Gasteiger partial charge in [0.2, 0.25) is 11.5 Å². The lowest BCUT2D eigenvalue weighted by Gasteiger charge is -2.19. The van der Waals surface area contributed by atoms with Crippen molar-refractivity contribution in [2.75, 3.05) is 41.7 Å². The SMILES string of the molecule is COc1cc([C@H]2OC[C@@H]3[C@H]2CO[C@@H]3c2cc(OC)c(O)c(OC)c2)cc(OC)c1O. The van der Waals surface area contributed by atoms with Crippen molar-refractivity contribution in [1.29, 1.82) is 0 Å². The lowest BCUT2D eigenvalue weighted by atomic mass is 9.84. The van der Waals surface area contributed by atoms with Crippen LogP contribution in [0.5, 0.6) is 34.5 Å². The van der Waals surface area contributed by atoms with Crippen LogP contribution in [0.3, 0.4) is 0 Å². The number of hydrogen-bond acceptors (Lipinski definition) is 8. The maximum Gasteiger partial charge on any atom is 0.200 e. The highest BCUT2D eigenvalue weighted by Gasteiger charge is 2.48. The van der Waals surface area contributed by atoms with Crippen LogP contribution >= 0.6 is 0 Å². The van der Waals surface area contributed by atoms with Gasteiger partial charge in [-0.05, 0) is 35.4 Å². The van der Waals surface area contributed by atoms with Gasteiger partial charge in [-0.25, -0.2) is 0 Å². The van der Waals surface area contributed by atoms with Crippen molar-refractivity contribution in [1.82, 2.24) is 0 Å². The summed E-state index contributed by atoms with van der Waals surface area (Å²) in [6, 6.07) is 7.07. The minimum atomic E-state index is -0.218. The summed E-state index contributed by atoms with van der Waals surface area (Å²) >= 11 is 0. The smallest absolute Gasteiger partial charge is 0.200 e. The molecule has 2 aliphatic rings. The van der Waals surface area contributed by atoms with Gasteiger partial charge in [-0.3, -0.25) is 0 Å². The molecular formula is C22H26O8. The van der Waals surface area contributed by atoms with Crippen LogP contribution in [0, 0.1) is 11.8 Å². The van der Waals surface area contributed by atoms with Gasteiger partial charge >= 0.3 is 0 Å². The third-order valence-electron chi connectivity index (χ3n) is 5.93. The predicted molar refractivity (Wildman–Crippen MR) is 107 cm³/mol. The molecule has 0 radical (unpaired) electrons. The Kier molecular flexibility index (Phi) is 5.53. The maximum absolute atomic E-state index is 10.2. The van der Waals surface area contributed by atoms with Crippen molar-refractivity contribution in [2.24, 2.45) is 11.8 Å². The van der Waals surface area contributed by atoms with E-state index in [9.17, 15) is 10.2 Å². The predicted octanol–water partition coefficient (Wildman–Crippen LogP) is 3.21. The Balaban J connectivity index is 1.63. The Labute approximate surface area is 174 Å². The Bertz CT molecular complexity index is 802. The van der Waals surface area contributed by atoms with Gasteiger partial charge in [0.15, 0.2) is 23.0 Å². The van der Waals surface area contributed by atoms with E-state index in [1.807, 2.05) is 0 Å². The molecule has 2 aromatic rings. The molecule has 2 fully saturated rings. The van der Waals surface area contributed by atoms with Crippen LogP contribution in [0.4, 0.5) is 0 Å². The van der Waals surface area contributed by atoms with Crippen LogP contribution in [0.1, 0.15) is 23.3 Å². The molecule has 8 heteroatoms. The average Bonchev–Trinajstić information content (AvgIpc) is 3.36. The topological polar surface area (TPSA) is 95.8 Å². The first-order valence-electron chi connectivity index (χ1n) is 9.65. The molecule has 0 saturated carbocycles. The first-order valence-corrected chi connectivity index (χ1v) is 9.65. The number of benzene rings is 2. The van der Waals surface area contributed by atoms with Gasteiger partial charge in [-0.15, -0.1) is 0 Å². The van der Waals surface area contributed by atoms with E-state index in [2.05, 4.69) is 0 Å². The average molecular weight is 418 g/mol. The second kappa shape index (κ2) is 8.12. The molecule has 4 atom stereocenters. The van der Waals surface area contributed by atoms with E-state index in [1.54, 1.807) is 24.3 Å². The second-order valence-corrected chi connectivity index (χ2v) is 7.38. The second-order valence-electron chi connectivity index (χ2n) is 7.38. The molecule has 162 valence electrons. The van der Waals surface area contributed by atoms with Gasteiger partial charge in [0, 0.05) is 11.8 Å². The molecule has 0 bridgehead atoms. The Hall–Kier alpha value is -2.84. The molecule has 30 heavy (non-hydrogen) atoms. The molecule has 0 aliphatic carbocycles. The minimum absolute atomic E-state index is 0.0397. The molecule has 2 aromatic carbocycles. The fourth-order valence-electron chi connectivity index (χ4n) is 4.39. The summed E-state index contributed by atoms with van der Waals surface area (Å²) < 4.78 is 33.4. The molecule has 2 heterocycles. The molecule has 0 aromatic heterocycles. The van der Waals surface area contributed by atoms with Crippen LogP contribution in [-0.4, -0.2) is 51.9 Å². The molecule has 2 saturated heterocycles. The van der Waals surface area contributed by atoms with E-state index >= 15 is 0 Å². The monoisotopic (exact) mass is 418 g/mol. The Morgan fingerprint density at radius 2 is 0.933 bits per heavy atom. The largest absolute Gasteiger partial charge is 0.502 e. The van der Waals surface area contributed by atoms with Gasteiger partial charge in [0.25, 0.3) is 0 Å². The number of fused-ring (bicyclic) bond motifs is 1. The zero-order chi connectivity index (χ0) is 21.4. The van der Waals surface area contributed by atoms with Crippen molar-refractivity contribution < 1.29 is 38.6 Å². The number of phenols is 2. The van der Waals surface area contributed by atoms with Gasteiger partial charge in [0.1, 0.15) is 0 Å². The molecular weight excluding hydrogens is 392 g/mol. The lowest BCUT2D eigenvalue weighted by Crippen LogP contribution is -2.15. The van der Waals surface area contributed by atoms with E-state index in [4.69, 9.17) is 28.4 Å². The summed E-state index contributed by atoms with van der Waals surface area (Å²) in [6.07, 6.45) is -0.436. The normalized spacial score (nSPS) is 25.1. The van der Waals surface area contributed by atoms with Gasteiger partial charge in [0.05, 0.1) is 53.9 Å². The molecule has 2 aliphatic heterocycles. The highest BCUT2D eigenvalue weighted by atomic mass is 16.5. The zero-order valence-electron chi connectivity index (χ0n) is 17.4. The van der Waals surface area contributed by atoms with Crippen LogP contribution < -0.4 is 18.9 Å². The van der Waals surface area contributed by atoms with Crippen LogP contribution in [0.2, 0.25) is 0 Å². The van der Waals surface area contributed by atoms with E-state index < -0.39 is 0 Å². The van der Waals surface area contributed by atoms with Crippen molar-refractivity contribution >= 4 is 0 Å². The maximum atomic E-state index is 10.2. The van der Waals surface area contributed by atoms with E-state index in [0.29, 0.717) is 36.2 Å². The molecule has 0 unspecified atom stereocenters. The third-order valence-corrected chi connectivity index (χ3v) is 5.93. The van der Waals surface area contributed by atoms with E-state index in [1.165, 1.54) is 28.4 Å². The number of hydrogen-bond donors (Lipinski definition) is 2. The number of phenolic OH excluding ortho intramolecular Hbond substituents is 2. The summed E-state index contributed by atoms with van der Waals surface area (Å²) in [5.74, 6) is 1.48. The summed E-state index contributed by atoms with van der Waals surface area (Å²) in [5, 5.41) is 20.4. The highest BCUT2D eigenvalue weighted by molar-refractivity contribution is 5.54. The van der Waals surface area contributed by atoms with Crippen LogP contribution in [0.15, 0.2) is 24.3 Å².